The number of barbiturate groups is 1. The molecule has 0 bridgehead atoms. The molecule has 3 aromatic carbocycles. The molecule has 1 saturated heterocycles. The molecule has 3 aromatic rings. The lowest BCUT2D eigenvalue weighted by Crippen LogP contribution is -2.54. The van der Waals surface area contributed by atoms with Crippen molar-refractivity contribution in [3.8, 4) is 5.75 Å². The van der Waals surface area contributed by atoms with Gasteiger partial charge in [-0.2, -0.15) is 8.42 Å². The van der Waals surface area contributed by atoms with Gasteiger partial charge in [-0.05, 0) is 83.0 Å². The van der Waals surface area contributed by atoms with Crippen LogP contribution in [0.25, 0.3) is 6.08 Å². The van der Waals surface area contributed by atoms with E-state index in [0.29, 0.717) is 10.6 Å². The summed E-state index contributed by atoms with van der Waals surface area (Å²) in [5.74, 6) is -1.66. The van der Waals surface area contributed by atoms with Crippen LogP contribution in [0.4, 0.5) is 10.5 Å². The summed E-state index contributed by atoms with van der Waals surface area (Å²) in [4.78, 5) is 38.5. The van der Waals surface area contributed by atoms with Gasteiger partial charge in [0.25, 0.3) is 11.8 Å². The number of amides is 4. The molecule has 4 amide bonds. The van der Waals surface area contributed by atoms with Crippen LogP contribution >= 0.6 is 27.5 Å². The SMILES string of the molecule is Cc1ccc(S(=O)(=O)Oc2ccc(/C=C3\C(=O)NC(=O)N(c4ccc(Cl)cc4)C3=O)cc2Br)cc1. The highest BCUT2D eigenvalue weighted by Gasteiger charge is 2.36. The molecule has 178 valence electrons. The lowest BCUT2D eigenvalue weighted by atomic mass is 10.1. The Morgan fingerprint density at radius 3 is 2.26 bits per heavy atom. The minimum absolute atomic E-state index is 0.00220. The number of nitrogens with one attached hydrogen (secondary N) is 1. The third-order valence-electron chi connectivity index (χ3n) is 4.96. The maximum atomic E-state index is 13.0. The van der Waals surface area contributed by atoms with E-state index in [1.807, 2.05) is 6.92 Å². The van der Waals surface area contributed by atoms with Gasteiger partial charge in [0.05, 0.1) is 10.2 Å². The van der Waals surface area contributed by atoms with Gasteiger partial charge in [-0.3, -0.25) is 14.9 Å². The van der Waals surface area contributed by atoms with Gasteiger partial charge in [0.2, 0.25) is 0 Å². The molecule has 4 rings (SSSR count). The van der Waals surface area contributed by atoms with Crippen LogP contribution in [0.2, 0.25) is 5.02 Å². The van der Waals surface area contributed by atoms with Gasteiger partial charge in [-0.15, -0.1) is 0 Å². The summed E-state index contributed by atoms with van der Waals surface area (Å²) in [6.07, 6.45) is 1.29. The highest BCUT2D eigenvalue weighted by Crippen LogP contribution is 2.30. The van der Waals surface area contributed by atoms with Crippen molar-refractivity contribution in [2.24, 2.45) is 0 Å². The van der Waals surface area contributed by atoms with E-state index < -0.39 is 28.0 Å². The number of carbonyl (C=O) groups excluding carboxylic acids is 3. The van der Waals surface area contributed by atoms with Crippen molar-refractivity contribution in [2.45, 2.75) is 11.8 Å². The fourth-order valence-electron chi connectivity index (χ4n) is 3.19. The largest absolute Gasteiger partial charge is 0.378 e. The van der Waals surface area contributed by atoms with Gasteiger partial charge in [0.1, 0.15) is 10.5 Å². The molecule has 1 N–H and O–H groups in total. The van der Waals surface area contributed by atoms with Crippen LogP contribution in [0.5, 0.6) is 5.75 Å². The smallest absolute Gasteiger partial charge is 0.339 e. The predicted molar refractivity (Wildman–Crippen MR) is 134 cm³/mol. The van der Waals surface area contributed by atoms with Gasteiger partial charge in [-0.25, -0.2) is 9.69 Å². The number of anilines is 1. The molecular weight excluding hydrogens is 560 g/mol. The van der Waals surface area contributed by atoms with Crippen LogP contribution < -0.4 is 14.4 Å². The summed E-state index contributed by atoms with van der Waals surface area (Å²) in [5, 5.41) is 2.55. The van der Waals surface area contributed by atoms with Crippen molar-refractivity contribution < 1.29 is 27.0 Å². The molecule has 0 spiro atoms. The quantitative estimate of drug-likeness (QED) is 0.265. The molecule has 8 nitrogen and oxygen atoms in total. The van der Waals surface area contributed by atoms with Crippen LogP contribution in [-0.2, 0) is 19.7 Å². The number of rotatable bonds is 5. The fraction of sp³-hybridized carbons (Fsp3) is 0.0417. The first-order valence-electron chi connectivity index (χ1n) is 10.0. The Bertz CT molecular complexity index is 1490. The minimum Gasteiger partial charge on any atom is -0.378 e. The molecule has 0 aliphatic carbocycles. The van der Waals surface area contributed by atoms with E-state index in [9.17, 15) is 22.8 Å². The fourth-order valence-corrected chi connectivity index (χ4v) is 4.85. The van der Waals surface area contributed by atoms with Crippen molar-refractivity contribution in [3.05, 3.63) is 92.9 Å². The average Bonchev–Trinajstić information content (AvgIpc) is 2.80. The summed E-state index contributed by atoms with van der Waals surface area (Å²) in [7, 11) is -4.07. The van der Waals surface area contributed by atoms with Crippen LogP contribution in [0, 0.1) is 6.92 Å². The lowest BCUT2D eigenvalue weighted by Gasteiger charge is -2.26. The average molecular weight is 576 g/mol. The normalized spacial score (nSPS) is 15.3. The zero-order valence-electron chi connectivity index (χ0n) is 18.0. The molecule has 1 fully saturated rings. The Kier molecular flexibility index (Phi) is 6.79. The van der Waals surface area contributed by atoms with Crippen molar-refractivity contribution in [1.82, 2.24) is 5.32 Å². The van der Waals surface area contributed by atoms with Gasteiger partial charge < -0.3 is 4.18 Å². The first kappa shape index (κ1) is 24.6. The number of carbonyl (C=O) groups is 3. The van der Waals surface area contributed by atoms with Crippen molar-refractivity contribution in [2.75, 3.05) is 4.90 Å². The highest BCUT2D eigenvalue weighted by molar-refractivity contribution is 9.10. The van der Waals surface area contributed by atoms with Gasteiger partial charge in [-0.1, -0.05) is 35.4 Å². The Morgan fingerprint density at radius 2 is 1.63 bits per heavy atom. The molecule has 0 unspecified atom stereocenters. The maximum Gasteiger partial charge on any atom is 0.339 e. The second-order valence-electron chi connectivity index (χ2n) is 7.47. The van der Waals surface area contributed by atoms with Crippen molar-refractivity contribution in [3.63, 3.8) is 0 Å². The Balaban J connectivity index is 1.61. The Labute approximate surface area is 214 Å². The lowest BCUT2D eigenvalue weighted by molar-refractivity contribution is -0.122. The number of hydrogen-bond donors (Lipinski definition) is 1. The van der Waals surface area contributed by atoms with Gasteiger partial charge >= 0.3 is 16.1 Å². The third kappa shape index (κ3) is 5.29. The van der Waals surface area contributed by atoms with E-state index >= 15 is 0 Å². The van der Waals surface area contributed by atoms with E-state index in [0.717, 1.165) is 10.5 Å². The molecular formula is C24H16BrClN2O6S. The Morgan fingerprint density at radius 1 is 0.971 bits per heavy atom. The van der Waals surface area contributed by atoms with E-state index in [4.69, 9.17) is 15.8 Å². The van der Waals surface area contributed by atoms with E-state index in [1.165, 1.54) is 60.7 Å². The second kappa shape index (κ2) is 9.65. The minimum atomic E-state index is -4.07. The maximum absolute atomic E-state index is 13.0. The molecule has 1 aliphatic rings. The molecule has 0 aromatic heterocycles. The molecule has 0 atom stereocenters. The molecule has 1 aliphatic heterocycles. The Hall–Kier alpha value is -3.47. The standard InChI is InChI=1S/C24H16BrClN2O6S/c1-14-2-9-18(10-3-14)35(32,33)34-21-11-4-15(13-20(21)25)12-19-22(29)27-24(31)28(23(19)30)17-7-5-16(26)6-8-17/h2-13H,1H3,(H,27,29,31)/b19-12+. The van der Waals surface area contributed by atoms with Gasteiger partial charge in [0.15, 0.2) is 5.75 Å². The summed E-state index contributed by atoms with van der Waals surface area (Å²) < 4.78 is 30.7. The van der Waals surface area contributed by atoms with Crippen molar-refractivity contribution in [1.29, 1.82) is 0 Å². The van der Waals surface area contributed by atoms with E-state index in [-0.39, 0.29) is 26.4 Å². The summed E-state index contributed by atoms with van der Waals surface area (Å²) in [6.45, 7) is 1.84. The third-order valence-corrected chi connectivity index (χ3v) is 7.08. The second-order valence-corrected chi connectivity index (χ2v) is 10.3. The van der Waals surface area contributed by atoms with Crippen LogP contribution in [-0.4, -0.2) is 26.3 Å². The van der Waals surface area contributed by atoms with Gasteiger partial charge in [0, 0.05) is 5.02 Å². The van der Waals surface area contributed by atoms with E-state index in [2.05, 4.69) is 21.2 Å². The number of aryl methyl sites for hydroxylation is 1. The van der Waals surface area contributed by atoms with Crippen molar-refractivity contribution >= 4 is 67.3 Å². The predicted octanol–water partition coefficient (Wildman–Crippen LogP) is 4.85. The molecule has 11 heteroatoms. The summed E-state index contributed by atoms with van der Waals surface area (Å²) >= 11 is 9.13. The number of halogens is 2. The number of nitrogens with zero attached hydrogens (tertiary/aromatic N) is 1. The number of urea groups is 1. The molecule has 0 saturated carbocycles. The highest BCUT2D eigenvalue weighted by atomic mass is 79.9. The summed E-state index contributed by atoms with van der Waals surface area (Å²) in [6, 6.07) is 15.6. The monoisotopic (exact) mass is 574 g/mol. The van der Waals surface area contributed by atoms with Crippen LogP contribution in [0.15, 0.2) is 81.7 Å². The number of benzene rings is 3. The first-order valence-corrected chi connectivity index (χ1v) is 12.6. The number of hydrogen-bond acceptors (Lipinski definition) is 6. The zero-order chi connectivity index (χ0) is 25.3. The molecule has 1 heterocycles. The zero-order valence-corrected chi connectivity index (χ0v) is 21.1. The number of imide groups is 2. The topological polar surface area (TPSA) is 110 Å². The van der Waals surface area contributed by atoms with Crippen LogP contribution in [0.1, 0.15) is 11.1 Å². The van der Waals surface area contributed by atoms with E-state index in [1.54, 1.807) is 12.1 Å². The first-order chi connectivity index (χ1) is 16.5. The molecule has 0 radical (unpaired) electrons. The molecule has 35 heavy (non-hydrogen) atoms. The summed E-state index contributed by atoms with van der Waals surface area (Å²) in [5.41, 5.74) is 1.25. The van der Waals surface area contributed by atoms with Crippen LogP contribution in [0.3, 0.4) is 0 Å².